The lowest BCUT2D eigenvalue weighted by Gasteiger charge is -2.49. The largest absolute Gasteiger partial charge is 0.397 e. The number of hydrogen-bond acceptors (Lipinski definition) is 17. The quantitative estimate of drug-likeness (QED) is 0.102. The predicted molar refractivity (Wildman–Crippen MR) is 127 cm³/mol. The van der Waals surface area contributed by atoms with Crippen molar-refractivity contribution in [2.24, 2.45) is 0 Å². The van der Waals surface area contributed by atoms with Crippen LogP contribution in [0.25, 0.3) is 0 Å². The molecule has 41 heavy (non-hydrogen) atoms. The normalized spacial score (nSPS) is 45.8. The Hall–Kier alpha value is -1.18. The van der Waals surface area contributed by atoms with Crippen LogP contribution in [0, 0.1) is 0 Å². The summed E-state index contributed by atoms with van der Waals surface area (Å²) >= 11 is 0. The van der Waals surface area contributed by atoms with Gasteiger partial charge < -0.3 is 69.5 Å². The summed E-state index contributed by atoms with van der Waals surface area (Å²) in [7, 11) is -3.92. The van der Waals surface area contributed by atoms with Gasteiger partial charge in [0.25, 0.3) is 0 Å². The molecule has 0 aromatic rings. The van der Waals surface area contributed by atoms with E-state index in [0.717, 1.165) is 14.0 Å². The minimum absolute atomic E-state index is 0.719. The number of carbonyl (C=O) groups is 1. The van der Waals surface area contributed by atoms with Gasteiger partial charge in [0, 0.05) is 14.0 Å². The van der Waals surface area contributed by atoms with Crippen molar-refractivity contribution in [1.29, 1.82) is 0 Å². The first-order chi connectivity index (χ1) is 19.1. The zero-order chi connectivity index (χ0) is 30.8. The molecule has 0 aliphatic carbocycles. The molecule has 3 aliphatic rings. The fourth-order valence-electron chi connectivity index (χ4n) is 4.80. The molecular weight excluding hydrogens is 586 g/mol. The Kier molecular flexibility index (Phi) is 11.8. The van der Waals surface area contributed by atoms with E-state index in [1.54, 1.807) is 0 Å². The lowest BCUT2D eigenvalue weighted by atomic mass is 9.94. The van der Waals surface area contributed by atoms with Gasteiger partial charge in [-0.25, -0.2) is 4.18 Å². The summed E-state index contributed by atoms with van der Waals surface area (Å²) in [5.41, 5.74) is 0. The maximum atomic E-state index is 12.0. The minimum Gasteiger partial charge on any atom is -0.394 e. The molecule has 0 saturated carbocycles. The molecule has 3 fully saturated rings. The van der Waals surface area contributed by atoms with E-state index in [-0.39, 0.29) is 0 Å². The van der Waals surface area contributed by atoms with Gasteiger partial charge in [-0.05, 0) is 6.92 Å². The summed E-state index contributed by atoms with van der Waals surface area (Å²) in [4.78, 5) is 12.0. The molecule has 0 spiro atoms. The van der Waals surface area contributed by atoms with Crippen LogP contribution in [0.3, 0.4) is 0 Å². The van der Waals surface area contributed by atoms with Crippen LogP contribution in [-0.2, 0) is 47.8 Å². The number of hydrogen-bond donors (Lipinski definition) is 9. The molecule has 20 heteroatoms. The second-order valence-corrected chi connectivity index (χ2v) is 10.9. The van der Waals surface area contributed by atoms with E-state index in [9.17, 15) is 49.0 Å². The molecule has 0 unspecified atom stereocenters. The molecule has 9 N–H and O–H groups in total. The zero-order valence-corrected chi connectivity index (χ0v) is 23.0. The van der Waals surface area contributed by atoms with Crippen molar-refractivity contribution in [3.8, 4) is 0 Å². The summed E-state index contributed by atoms with van der Waals surface area (Å²) in [6.45, 7) is 0.652. The van der Waals surface area contributed by atoms with Crippen LogP contribution in [0.2, 0.25) is 0 Å². The smallest absolute Gasteiger partial charge is 0.394 e. The second-order valence-electron chi connectivity index (χ2n) is 9.79. The van der Waals surface area contributed by atoms with E-state index in [2.05, 4.69) is 9.50 Å². The van der Waals surface area contributed by atoms with Gasteiger partial charge in [-0.15, -0.1) is 0 Å². The Morgan fingerprint density at radius 2 is 1.44 bits per heavy atom. The molecule has 19 nitrogen and oxygen atoms in total. The van der Waals surface area contributed by atoms with Gasteiger partial charge in [-0.1, -0.05) is 0 Å². The Morgan fingerprint density at radius 1 is 0.829 bits per heavy atom. The molecule has 240 valence electrons. The van der Waals surface area contributed by atoms with E-state index >= 15 is 0 Å². The highest BCUT2D eigenvalue weighted by atomic mass is 32.3. The minimum atomic E-state index is -5.07. The Balaban J connectivity index is 2.01. The topological polar surface area (TPSA) is 290 Å². The molecular formula is C21H37NO18S. The van der Waals surface area contributed by atoms with Crippen molar-refractivity contribution in [3.05, 3.63) is 0 Å². The van der Waals surface area contributed by atoms with Crippen molar-refractivity contribution in [1.82, 2.24) is 5.32 Å². The Labute approximate surface area is 234 Å². The van der Waals surface area contributed by atoms with Crippen LogP contribution >= 0.6 is 0 Å². The first-order valence-corrected chi connectivity index (χ1v) is 13.8. The Bertz CT molecular complexity index is 972. The maximum Gasteiger partial charge on any atom is 0.397 e. The van der Waals surface area contributed by atoms with E-state index in [0.29, 0.717) is 0 Å². The number of amides is 1. The first kappa shape index (κ1) is 34.3. The lowest BCUT2D eigenvalue weighted by Crippen LogP contribution is -2.69. The zero-order valence-electron chi connectivity index (χ0n) is 22.1. The fraction of sp³-hybridized carbons (Fsp3) is 0.952. The molecule has 0 aromatic carbocycles. The highest BCUT2D eigenvalue weighted by Crippen LogP contribution is 2.33. The maximum absolute atomic E-state index is 12.0. The van der Waals surface area contributed by atoms with Gasteiger partial charge in [0.15, 0.2) is 18.9 Å². The molecule has 3 rings (SSSR count). The monoisotopic (exact) mass is 623 g/mol. The van der Waals surface area contributed by atoms with Gasteiger partial charge in [0.05, 0.1) is 19.3 Å². The van der Waals surface area contributed by atoms with Crippen LogP contribution < -0.4 is 5.32 Å². The molecule has 0 radical (unpaired) electrons. The number of aliphatic hydroxyl groups is 7. The van der Waals surface area contributed by atoms with E-state index in [1.807, 2.05) is 0 Å². The molecule has 3 heterocycles. The number of ether oxygens (including phenoxy) is 6. The summed E-state index contributed by atoms with van der Waals surface area (Å²) in [5.74, 6) is -0.719. The standard InChI is InChI=1S/C21H37NO18S/c1-6-11(25)13(27)14(28)20(36-6)40-17-10(22-7(2)24)19(30)37-9(5-35-41(31,32)33)16(17)39-21-15(29)18(34-3)12(26)8(4-23)38-21/h6,8-21,23,25-30H,4-5H2,1-3H3,(H,22,24)(H,31,32,33)/t6-,8+,9+,10+,11+,12-,13+,14-,15+,16+,17+,18-,19+,20-,21+/m0/s1. The van der Waals surface area contributed by atoms with Crippen LogP contribution in [0.5, 0.6) is 0 Å². The van der Waals surface area contributed by atoms with Gasteiger partial charge >= 0.3 is 10.4 Å². The summed E-state index contributed by atoms with van der Waals surface area (Å²) < 4.78 is 69.2. The number of rotatable bonds is 10. The average molecular weight is 624 g/mol. The first-order valence-electron chi connectivity index (χ1n) is 12.5. The van der Waals surface area contributed by atoms with Crippen molar-refractivity contribution >= 4 is 16.3 Å². The predicted octanol–water partition coefficient (Wildman–Crippen LogP) is -5.92. The average Bonchev–Trinajstić information content (AvgIpc) is 2.89. The van der Waals surface area contributed by atoms with Gasteiger partial charge in [0.2, 0.25) is 5.91 Å². The van der Waals surface area contributed by atoms with E-state index < -0.39 is 122 Å². The number of carbonyl (C=O) groups excluding carboxylic acids is 1. The Morgan fingerprint density at radius 3 is 2.00 bits per heavy atom. The van der Waals surface area contributed by atoms with E-state index in [4.69, 9.17) is 33.0 Å². The number of aliphatic hydroxyl groups excluding tert-OH is 7. The van der Waals surface area contributed by atoms with Crippen molar-refractivity contribution < 1.29 is 86.1 Å². The van der Waals surface area contributed by atoms with Crippen LogP contribution in [0.4, 0.5) is 0 Å². The van der Waals surface area contributed by atoms with Crippen molar-refractivity contribution in [3.63, 3.8) is 0 Å². The van der Waals surface area contributed by atoms with Gasteiger partial charge in [-0.2, -0.15) is 8.42 Å². The third kappa shape index (κ3) is 8.06. The molecule has 3 aliphatic heterocycles. The highest BCUT2D eigenvalue weighted by molar-refractivity contribution is 7.80. The van der Waals surface area contributed by atoms with Crippen LogP contribution in [0.1, 0.15) is 13.8 Å². The highest BCUT2D eigenvalue weighted by Gasteiger charge is 2.54. The lowest BCUT2D eigenvalue weighted by molar-refractivity contribution is -0.371. The molecule has 3 saturated heterocycles. The summed E-state index contributed by atoms with van der Waals surface area (Å²) in [6, 6.07) is -1.55. The van der Waals surface area contributed by atoms with Crippen molar-refractivity contribution in [2.75, 3.05) is 20.3 Å². The number of nitrogens with one attached hydrogen (secondary N) is 1. The van der Waals surface area contributed by atoms with Crippen LogP contribution in [0.15, 0.2) is 0 Å². The van der Waals surface area contributed by atoms with Gasteiger partial charge in [0.1, 0.15) is 67.1 Å². The SMILES string of the molecule is CO[C@H]1[C@@H](O)[C@@H](CO)O[C@H](O[C@H]2[C@H](O[C@@H]3O[C@@H](C)[C@@H](O)[C@@H](O)[C@@H]3O)[C@@H](NC(C)=O)[C@H](O)O[C@@H]2COS(=O)(=O)O)[C@@H]1O. The van der Waals surface area contributed by atoms with Crippen molar-refractivity contribution in [2.45, 2.75) is 106 Å². The summed E-state index contributed by atoms with van der Waals surface area (Å²) in [5, 5.41) is 74.6. The molecule has 1 amide bonds. The molecule has 15 atom stereocenters. The number of methoxy groups -OCH3 is 1. The molecule has 0 bridgehead atoms. The molecule has 0 aromatic heterocycles. The second kappa shape index (κ2) is 14.1. The third-order valence-corrected chi connectivity index (χ3v) is 7.34. The van der Waals surface area contributed by atoms with Gasteiger partial charge in [-0.3, -0.25) is 9.35 Å². The fourth-order valence-corrected chi connectivity index (χ4v) is 5.11. The third-order valence-electron chi connectivity index (χ3n) is 6.90. The van der Waals surface area contributed by atoms with E-state index in [1.165, 1.54) is 6.92 Å². The summed E-state index contributed by atoms with van der Waals surface area (Å²) in [6.07, 6.45) is -22.7. The van der Waals surface area contributed by atoms with Crippen LogP contribution in [-0.4, -0.2) is 167 Å².